The molecule has 0 spiro atoms. The van der Waals surface area contributed by atoms with Crippen molar-refractivity contribution in [2.24, 2.45) is 5.73 Å². The van der Waals surface area contributed by atoms with Crippen molar-refractivity contribution in [3.63, 3.8) is 0 Å². The summed E-state index contributed by atoms with van der Waals surface area (Å²) in [7, 11) is 3.10. The molecule has 0 aliphatic carbocycles. The molecular weight excluding hydrogens is 180 g/mol. The quantitative estimate of drug-likeness (QED) is 0.782. The number of hydrogen-bond donors (Lipinski definition) is 1. The lowest BCUT2D eigenvalue weighted by molar-refractivity contribution is 0.354. The highest BCUT2D eigenvalue weighted by Gasteiger charge is 2.09. The largest absolute Gasteiger partial charge is 0.493 e. The van der Waals surface area contributed by atoms with Gasteiger partial charge in [-0.1, -0.05) is 6.07 Å². The third kappa shape index (κ3) is 1.95. The summed E-state index contributed by atoms with van der Waals surface area (Å²) in [5.74, 6) is 1.21. The molecule has 74 valence electrons. The number of nitrogens with two attached hydrogens (primary N) is 1. The van der Waals surface area contributed by atoms with Gasteiger partial charge >= 0.3 is 0 Å². The summed E-state index contributed by atoms with van der Waals surface area (Å²) in [5, 5.41) is 8.63. The number of rotatable bonds is 3. The SMILES string of the molecule is COc1ccc([C@@H](N)C#N)cc1OC. The van der Waals surface area contributed by atoms with Crippen LogP contribution in [-0.2, 0) is 0 Å². The monoisotopic (exact) mass is 192 g/mol. The second-order valence-electron chi connectivity index (χ2n) is 2.72. The average Bonchev–Trinajstić information content (AvgIpc) is 2.26. The normalized spacial score (nSPS) is 11.6. The molecule has 1 aromatic rings. The molecule has 1 rings (SSSR count). The molecule has 0 radical (unpaired) electrons. The maximum absolute atomic E-state index is 8.63. The van der Waals surface area contributed by atoms with Crippen molar-refractivity contribution in [1.82, 2.24) is 0 Å². The van der Waals surface area contributed by atoms with Gasteiger partial charge in [0.25, 0.3) is 0 Å². The van der Waals surface area contributed by atoms with E-state index in [1.165, 1.54) is 0 Å². The van der Waals surface area contributed by atoms with Crippen molar-refractivity contribution in [1.29, 1.82) is 5.26 Å². The fourth-order valence-electron chi connectivity index (χ4n) is 1.12. The van der Waals surface area contributed by atoms with E-state index in [0.717, 1.165) is 0 Å². The van der Waals surface area contributed by atoms with E-state index < -0.39 is 6.04 Å². The van der Waals surface area contributed by atoms with Crippen molar-refractivity contribution in [2.45, 2.75) is 6.04 Å². The van der Waals surface area contributed by atoms with E-state index in [1.54, 1.807) is 32.4 Å². The Hall–Kier alpha value is -1.73. The maximum Gasteiger partial charge on any atom is 0.161 e. The van der Waals surface area contributed by atoms with Crippen LogP contribution in [0.5, 0.6) is 11.5 Å². The molecule has 0 amide bonds. The Balaban J connectivity index is 3.08. The summed E-state index contributed by atoms with van der Waals surface area (Å²) in [6.07, 6.45) is 0. The molecule has 0 aliphatic heterocycles. The van der Waals surface area contributed by atoms with Crippen LogP contribution in [0.3, 0.4) is 0 Å². The third-order valence-corrected chi connectivity index (χ3v) is 1.91. The maximum atomic E-state index is 8.63. The number of nitriles is 1. The van der Waals surface area contributed by atoms with E-state index in [4.69, 9.17) is 20.5 Å². The first-order chi connectivity index (χ1) is 6.72. The van der Waals surface area contributed by atoms with Crippen LogP contribution in [0, 0.1) is 11.3 Å². The second-order valence-corrected chi connectivity index (χ2v) is 2.72. The lowest BCUT2D eigenvalue weighted by Crippen LogP contribution is -2.07. The summed E-state index contributed by atoms with van der Waals surface area (Å²) in [6, 6.07) is 6.50. The molecule has 14 heavy (non-hydrogen) atoms. The predicted molar refractivity (Wildman–Crippen MR) is 52.1 cm³/mol. The Morgan fingerprint density at radius 2 is 1.93 bits per heavy atom. The molecule has 1 aromatic carbocycles. The highest BCUT2D eigenvalue weighted by Crippen LogP contribution is 2.29. The molecule has 0 bridgehead atoms. The van der Waals surface area contributed by atoms with Gasteiger partial charge in [0, 0.05) is 0 Å². The van der Waals surface area contributed by atoms with Gasteiger partial charge in [0.1, 0.15) is 6.04 Å². The first kappa shape index (κ1) is 10.4. The van der Waals surface area contributed by atoms with Gasteiger partial charge in [-0.15, -0.1) is 0 Å². The standard InChI is InChI=1S/C10H12N2O2/c1-13-9-4-3-7(8(12)6-11)5-10(9)14-2/h3-5,8H,12H2,1-2H3/t8-/m0/s1. The fourth-order valence-corrected chi connectivity index (χ4v) is 1.12. The minimum absolute atomic E-state index is 0.579. The summed E-state index contributed by atoms with van der Waals surface area (Å²) in [5.41, 5.74) is 6.27. The van der Waals surface area contributed by atoms with Gasteiger partial charge in [-0.05, 0) is 17.7 Å². The minimum atomic E-state index is -0.630. The molecule has 0 heterocycles. The Bertz CT molecular complexity index is 358. The Labute approximate surface area is 82.9 Å². The topological polar surface area (TPSA) is 68.3 Å². The number of ether oxygens (including phenoxy) is 2. The van der Waals surface area contributed by atoms with Crippen LogP contribution >= 0.6 is 0 Å². The first-order valence-electron chi connectivity index (χ1n) is 4.10. The van der Waals surface area contributed by atoms with Crippen LogP contribution in [0.2, 0.25) is 0 Å². The van der Waals surface area contributed by atoms with Crippen LogP contribution in [0.4, 0.5) is 0 Å². The highest BCUT2D eigenvalue weighted by molar-refractivity contribution is 5.44. The smallest absolute Gasteiger partial charge is 0.161 e. The average molecular weight is 192 g/mol. The lowest BCUT2D eigenvalue weighted by Gasteiger charge is -2.10. The zero-order chi connectivity index (χ0) is 10.6. The molecule has 0 aliphatic rings. The zero-order valence-electron chi connectivity index (χ0n) is 8.15. The fraction of sp³-hybridized carbons (Fsp3) is 0.300. The third-order valence-electron chi connectivity index (χ3n) is 1.91. The molecule has 4 heteroatoms. The van der Waals surface area contributed by atoms with Gasteiger partial charge in [0.15, 0.2) is 11.5 Å². The molecule has 1 atom stereocenters. The molecule has 0 saturated carbocycles. The van der Waals surface area contributed by atoms with Gasteiger partial charge in [-0.25, -0.2) is 0 Å². The van der Waals surface area contributed by atoms with Crippen molar-refractivity contribution in [3.8, 4) is 17.6 Å². The van der Waals surface area contributed by atoms with E-state index in [0.29, 0.717) is 17.1 Å². The molecule has 0 fully saturated rings. The molecule has 0 unspecified atom stereocenters. The highest BCUT2D eigenvalue weighted by atomic mass is 16.5. The van der Waals surface area contributed by atoms with Crippen molar-refractivity contribution < 1.29 is 9.47 Å². The second kappa shape index (κ2) is 4.49. The van der Waals surface area contributed by atoms with Gasteiger partial charge in [0.2, 0.25) is 0 Å². The number of benzene rings is 1. The Kier molecular flexibility index (Phi) is 3.32. The number of nitrogens with zero attached hydrogens (tertiary/aromatic N) is 1. The van der Waals surface area contributed by atoms with E-state index in [-0.39, 0.29) is 0 Å². The summed E-state index contributed by atoms with van der Waals surface area (Å²) >= 11 is 0. The minimum Gasteiger partial charge on any atom is -0.493 e. The van der Waals surface area contributed by atoms with Gasteiger partial charge in [-0.2, -0.15) is 5.26 Å². The van der Waals surface area contributed by atoms with Crippen LogP contribution in [0.25, 0.3) is 0 Å². The first-order valence-corrected chi connectivity index (χ1v) is 4.10. The van der Waals surface area contributed by atoms with Gasteiger partial charge in [-0.3, -0.25) is 0 Å². The molecule has 0 aromatic heterocycles. The Morgan fingerprint density at radius 3 is 2.43 bits per heavy atom. The predicted octanol–water partition coefficient (Wildman–Crippen LogP) is 1.23. The van der Waals surface area contributed by atoms with Gasteiger partial charge < -0.3 is 15.2 Å². The Morgan fingerprint density at radius 1 is 1.29 bits per heavy atom. The molecule has 0 saturated heterocycles. The van der Waals surface area contributed by atoms with Crippen LogP contribution < -0.4 is 15.2 Å². The lowest BCUT2D eigenvalue weighted by atomic mass is 10.1. The molecular formula is C10H12N2O2. The summed E-state index contributed by atoms with van der Waals surface area (Å²) in [4.78, 5) is 0. The van der Waals surface area contributed by atoms with Crippen LogP contribution in [0.1, 0.15) is 11.6 Å². The molecule has 4 nitrogen and oxygen atoms in total. The number of hydrogen-bond acceptors (Lipinski definition) is 4. The van der Waals surface area contributed by atoms with Crippen LogP contribution in [0.15, 0.2) is 18.2 Å². The zero-order valence-corrected chi connectivity index (χ0v) is 8.15. The molecule has 2 N–H and O–H groups in total. The van der Waals surface area contributed by atoms with E-state index in [1.807, 2.05) is 6.07 Å². The van der Waals surface area contributed by atoms with Crippen molar-refractivity contribution in [2.75, 3.05) is 14.2 Å². The van der Waals surface area contributed by atoms with Crippen molar-refractivity contribution in [3.05, 3.63) is 23.8 Å². The van der Waals surface area contributed by atoms with E-state index in [9.17, 15) is 0 Å². The van der Waals surface area contributed by atoms with Crippen molar-refractivity contribution >= 4 is 0 Å². The van der Waals surface area contributed by atoms with Gasteiger partial charge in [0.05, 0.1) is 20.3 Å². The van der Waals surface area contributed by atoms with E-state index >= 15 is 0 Å². The van der Waals surface area contributed by atoms with E-state index in [2.05, 4.69) is 0 Å². The van der Waals surface area contributed by atoms with Crippen LogP contribution in [-0.4, -0.2) is 14.2 Å². The summed E-state index contributed by atoms with van der Waals surface area (Å²) in [6.45, 7) is 0. The number of methoxy groups -OCH3 is 2. The summed E-state index contributed by atoms with van der Waals surface area (Å²) < 4.78 is 10.1.